The predicted octanol–water partition coefficient (Wildman–Crippen LogP) is 5.27. The standard InChI is InChI=1S/C19H33NO/c1-7-20(8-2)19(21)15-18(6)14-10-13-17(5)12-9-11-16(3)4/h11,13,15H,7-10,12,14H2,1-6H3. The Morgan fingerprint density at radius 1 is 0.857 bits per heavy atom. The zero-order valence-corrected chi connectivity index (χ0v) is 14.8. The first-order valence-electron chi connectivity index (χ1n) is 8.15. The topological polar surface area (TPSA) is 20.3 Å². The van der Waals surface area contributed by atoms with Gasteiger partial charge in [0.05, 0.1) is 0 Å². The Kier molecular flexibility index (Phi) is 10.7. The van der Waals surface area contributed by atoms with Crippen LogP contribution >= 0.6 is 0 Å². The molecule has 0 aliphatic heterocycles. The van der Waals surface area contributed by atoms with Crippen molar-refractivity contribution in [3.8, 4) is 0 Å². The highest BCUT2D eigenvalue weighted by molar-refractivity contribution is 5.88. The lowest BCUT2D eigenvalue weighted by atomic mass is 10.1. The quantitative estimate of drug-likeness (QED) is 0.418. The summed E-state index contributed by atoms with van der Waals surface area (Å²) in [6.45, 7) is 14.1. The summed E-state index contributed by atoms with van der Waals surface area (Å²) in [5.74, 6) is 0.141. The molecule has 0 unspecified atom stereocenters. The number of amides is 1. The number of likely N-dealkylation sites (N-methyl/N-ethyl adjacent to an activating group) is 1. The summed E-state index contributed by atoms with van der Waals surface area (Å²) in [6.07, 6.45) is 10.6. The molecular weight excluding hydrogens is 258 g/mol. The molecule has 0 saturated heterocycles. The molecule has 0 aromatic carbocycles. The third kappa shape index (κ3) is 10.1. The van der Waals surface area contributed by atoms with E-state index in [4.69, 9.17) is 0 Å². The van der Waals surface area contributed by atoms with Gasteiger partial charge in [0, 0.05) is 19.2 Å². The second-order valence-electron chi connectivity index (χ2n) is 5.91. The summed E-state index contributed by atoms with van der Waals surface area (Å²) in [5, 5.41) is 0. The molecule has 0 N–H and O–H groups in total. The molecule has 2 heteroatoms. The number of carbonyl (C=O) groups excluding carboxylic acids is 1. The SMILES string of the molecule is CCN(CC)C(=O)C=C(C)CCC=C(C)CCC=C(C)C. The Morgan fingerprint density at radius 2 is 1.38 bits per heavy atom. The van der Waals surface area contributed by atoms with E-state index in [0.29, 0.717) is 0 Å². The largest absolute Gasteiger partial charge is 0.340 e. The third-order valence-corrected chi connectivity index (χ3v) is 3.57. The maximum atomic E-state index is 11.9. The minimum absolute atomic E-state index is 0.141. The van der Waals surface area contributed by atoms with Gasteiger partial charge < -0.3 is 4.90 Å². The van der Waals surface area contributed by atoms with Crippen molar-refractivity contribution < 1.29 is 4.79 Å². The Balaban J connectivity index is 4.20. The highest BCUT2D eigenvalue weighted by Gasteiger charge is 2.05. The number of nitrogens with zero attached hydrogens (tertiary/aromatic N) is 1. The number of allylic oxidation sites excluding steroid dienone is 5. The van der Waals surface area contributed by atoms with E-state index in [2.05, 4.69) is 32.9 Å². The normalized spacial score (nSPS) is 12.3. The maximum absolute atomic E-state index is 11.9. The van der Waals surface area contributed by atoms with Crippen molar-refractivity contribution >= 4 is 5.91 Å². The first-order valence-corrected chi connectivity index (χ1v) is 8.15. The Labute approximate surface area is 131 Å². The summed E-state index contributed by atoms with van der Waals surface area (Å²) < 4.78 is 0. The van der Waals surface area contributed by atoms with E-state index in [-0.39, 0.29) is 5.91 Å². The zero-order valence-electron chi connectivity index (χ0n) is 14.8. The lowest BCUT2D eigenvalue weighted by Gasteiger charge is -2.16. The van der Waals surface area contributed by atoms with Crippen LogP contribution in [0.2, 0.25) is 0 Å². The van der Waals surface area contributed by atoms with Gasteiger partial charge in [-0.3, -0.25) is 4.79 Å². The fourth-order valence-corrected chi connectivity index (χ4v) is 2.15. The average Bonchev–Trinajstić information content (AvgIpc) is 2.39. The van der Waals surface area contributed by atoms with Crippen LogP contribution in [0, 0.1) is 0 Å². The molecule has 0 spiro atoms. The van der Waals surface area contributed by atoms with E-state index in [1.54, 1.807) is 6.08 Å². The monoisotopic (exact) mass is 291 g/mol. The van der Waals surface area contributed by atoms with Crippen LogP contribution in [0.5, 0.6) is 0 Å². The van der Waals surface area contributed by atoms with Crippen LogP contribution in [-0.4, -0.2) is 23.9 Å². The summed E-state index contributed by atoms with van der Waals surface area (Å²) in [6, 6.07) is 0. The van der Waals surface area contributed by atoms with E-state index in [0.717, 1.165) is 38.8 Å². The van der Waals surface area contributed by atoms with Crippen molar-refractivity contribution in [1.29, 1.82) is 0 Å². The lowest BCUT2D eigenvalue weighted by Crippen LogP contribution is -2.28. The molecular formula is C19H33NO. The second kappa shape index (κ2) is 11.4. The molecule has 0 atom stereocenters. The fourth-order valence-electron chi connectivity index (χ4n) is 2.15. The summed E-state index contributed by atoms with van der Waals surface area (Å²) >= 11 is 0. The van der Waals surface area contributed by atoms with Crippen molar-refractivity contribution in [2.24, 2.45) is 0 Å². The van der Waals surface area contributed by atoms with Crippen LogP contribution in [0.4, 0.5) is 0 Å². The molecule has 0 aromatic rings. The van der Waals surface area contributed by atoms with Crippen LogP contribution in [0.1, 0.15) is 67.2 Å². The van der Waals surface area contributed by atoms with Gasteiger partial charge in [-0.15, -0.1) is 0 Å². The first kappa shape index (κ1) is 19.7. The van der Waals surface area contributed by atoms with Crippen molar-refractivity contribution in [2.75, 3.05) is 13.1 Å². The molecule has 0 aromatic heterocycles. The fraction of sp³-hybridized carbons (Fsp3) is 0.632. The van der Waals surface area contributed by atoms with Gasteiger partial charge in [-0.1, -0.05) is 28.9 Å². The Morgan fingerprint density at radius 3 is 1.90 bits per heavy atom. The number of hydrogen-bond acceptors (Lipinski definition) is 1. The molecule has 0 aliphatic rings. The zero-order chi connectivity index (χ0) is 16.3. The smallest absolute Gasteiger partial charge is 0.246 e. The molecule has 0 aliphatic carbocycles. The third-order valence-electron chi connectivity index (χ3n) is 3.57. The van der Waals surface area contributed by atoms with Gasteiger partial charge in [0.2, 0.25) is 5.91 Å². The minimum atomic E-state index is 0.141. The second-order valence-corrected chi connectivity index (χ2v) is 5.91. The molecule has 1 amide bonds. The van der Waals surface area contributed by atoms with Gasteiger partial charge >= 0.3 is 0 Å². The number of carbonyl (C=O) groups is 1. The van der Waals surface area contributed by atoms with Crippen molar-refractivity contribution in [2.45, 2.75) is 67.2 Å². The molecule has 0 bridgehead atoms. The van der Waals surface area contributed by atoms with Crippen LogP contribution in [0.15, 0.2) is 34.9 Å². The van der Waals surface area contributed by atoms with Crippen LogP contribution in [0.25, 0.3) is 0 Å². The van der Waals surface area contributed by atoms with E-state index in [1.165, 1.54) is 16.7 Å². The van der Waals surface area contributed by atoms with Crippen molar-refractivity contribution in [1.82, 2.24) is 4.90 Å². The molecule has 0 saturated carbocycles. The average molecular weight is 291 g/mol. The lowest BCUT2D eigenvalue weighted by molar-refractivity contribution is -0.125. The minimum Gasteiger partial charge on any atom is -0.340 e. The van der Waals surface area contributed by atoms with Crippen LogP contribution in [-0.2, 0) is 4.79 Å². The molecule has 0 fully saturated rings. The van der Waals surface area contributed by atoms with Gasteiger partial charge in [0.15, 0.2) is 0 Å². The molecule has 120 valence electrons. The van der Waals surface area contributed by atoms with E-state index < -0.39 is 0 Å². The Bertz CT molecular complexity index is 394. The van der Waals surface area contributed by atoms with Gasteiger partial charge in [-0.05, 0) is 67.2 Å². The summed E-state index contributed by atoms with van der Waals surface area (Å²) in [7, 11) is 0. The summed E-state index contributed by atoms with van der Waals surface area (Å²) in [4.78, 5) is 13.8. The van der Waals surface area contributed by atoms with Crippen LogP contribution < -0.4 is 0 Å². The molecule has 0 heterocycles. The summed E-state index contributed by atoms with van der Waals surface area (Å²) in [5.41, 5.74) is 3.99. The molecule has 2 nitrogen and oxygen atoms in total. The highest BCUT2D eigenvalue weighted by Crippen LogP contribution is 2.11. The van der Waals surface area contributed by atoms with Gasteiger partial charge in [-0.25, -0.2) is 0 Å². The number of rotatable bonds is 9. The first-order chi connectivity index (χ1) is 9.90. The number of hydrogen-bond donors (Lipinski definition) is 0. The van der Waals surface area contributed by atoms with Gasteiger partial charge in [0.1, 0.15) is 0 Å². The molecule has 0 rings (SSSR count). The van der Waals surface area contributed by atoms with Gasteiger partial charge in [0.25, 0.3) is 0 Å². The van der Waals surface area contributed by atoms with Crippen molar-refractivity contribution in [3.63, 3.8) is 0 Å². The molecule has 0 radical (unpaired) electrons. The molecule has 21 heavy (non-hydrogen) atoms. The van der Waals surface area contributed by atoms with Crippen molar-refractivity contribution in [3.05, 3.63) is 34.9 Å². The Hall–Kier alpha value is -1.31. The highest BCUT2D eigenvalue weighted by atomic mass is 16.2. The maximum Gasteiger partial charge on any atom is 0.246 e. The van der Waals surface area contributed by atoms with E-state index in [9.17, 15) is 4.79 Å². The van der Waals surface area contributed by atoms with E-state index >= 15 is 0 Å². The predicted molar refractivity (Wildman–Crippen MR) is 93.3 cm³/mol. The van der Waals surface area contributed by atoms with Gasteiger partial charge in [-0.2, -0.15) is 0 Å². The van der Waals surface area contributed by atoms with Crippen LogP contribution in [0.3, 0.4) is 0 Å². The van der Waals surface area contributed by atoms with E-state index in [1.807, 2.05) is 25.7 Å².